The van der Waals surface area contributed by atoms with E-state index in [-0.39, 0.29) is 0 Å². The molecule has 4 aromatic heterocycles. The van der Waals surface area contributed by atoms with Gasteiger partial charge in [0.2, 0.25) is 0 Å². The van der Waals surface area contributed by atoms with Crippen LogP contribution in [-0.2, 0) is 0 Å². The minimum atomic E-state index is 0.871. The molecule has 0 aliphatic rings. The summed E-state index contributed by atoms with van der Waals surface area (Å²) in [5.41, 5.74) is 19.2. The van der Waals surface area contributed by atoms with Crippen molar-refractivity contribution in [1.29, 1.82) is 0 Å². The van der Waals surface area contributed by atoms with E-state index in [4.69, 9.17) is 4.42 Å². The van der Waals surface area contributed by atoms with E-state index in [9.17, 15) is 0 Å². The zero-order valence-corrected chi connectivity index (χ0v) is 44.4. The minimum absolute atomic E-state index is 0.871. The Bertz CT molecular complexity index is 5660. The fourth-order valence-electron chi connectivity index (χ4n) is 13.9. The van der Waals surface area contributed by atoms with E-state index >= 15 is 0 Å². The Hall–Kier alpha value is -10.9. The predicted molar refractivity (Wildman–Crippen MR) is 346 cm³/mol. The maximum atomic E-state index is 6.72. The molecule has 0 radical (unpaired) electrons. The summed E-state index contributed by atoms with van der Waals surface area (Å²) in [5, 5.41) is 17.2. The van der Waals surface area contributed by atoms with Crippen LogP contribution in [0.4, 0.5) is 0 Å². The van der Waals surface area contributed by atoms with E-state index in [0.717, 1.165) is 61.3 Å². The van der Waals surface area contributed by atoms with Gasteiger partial charge in [0, 0.05) is 60.2 Å². The Balaban J connectivity index is 0.776. The lowest BCUT2D eigenvalue weighted by molar-refractivity contribution is 0.669. The molecule has 0 amide bonds. The van der Waals surface area contributed by atoms with Gasteiger partial charge in [-0.1, -0.05) is 176 Å². The normalized spacial score (nSPS) is 12.1. The number of nitrogens with zero attached hydrogens (tertiary/aromatic N) is 3. The predicted octanol–water partition coefficient (Wildman–Crippen LogP) is 21.3. The van der Waals surface area contributed by atoms with Crippen molar-refractivity contribution in [2.75, 3.05) is 0 Å². The molecule has 0 N–H and O–H groups in total. The summed E-state index contributed by atoms with van der Waals surface area (Å²) < 4.78 is 14.0. The molecule has 4 heteroatoms. The number of hydrogen-bond acceptors (Lipinski definition) is 1. The van der Waals surface area contributed by atoms with E-state index in [1.807, 2.05) is 0 Å². The molecule has 18 aromatic rings. The average Bonchev–Trinajstić information content (AvgIpc) is 3.98. The third-order valence-corrected chi connectivity index (χ3v) is 17.6. The highest BCUT2D eigenvalue weighted by Gasteiger charge is 2.21. The van der Waals surface area contributed by atoms with Gasteiger partial charge >= 0.3 is 0 Å². The Morgan fingerprint density at radius 3 is 1.22 bits per heavy atom. The van der Waals surface area contributed by atoms with Crippen LogP contribution in [0.25, 0.3) is 170 Å². The molecule has 0 aliphatic carbocycles. The first-order valence-corrected chi connectivity index (χ1v) is 28.2. The van der Waals surface area contributed by atoms with Crippen molar-refractivity contribution < 1.29 is 4.42 Å². The highest BCUT2D eigenvalue weighted by molar-refractivity contribution is 6.26. The summed E-state index contributed by atoms with van der Waals surface area (Å²) in [6, 6.07) is 105. The highest BCUT2D eigenvalue weighted by Crippen LogP contribution is 2.45. The van der Waals surface area contributed by atoms with Gasteiger partial charge in [0.25, 0.3) is 0 Å². The Kier molecular flexibility index (Phi) is 9.48. The molecule has 0 aliphatic heterocycles. The smallest absolute Gasteiger partial charge is 0.136 e. The molecule has 380 valence electrons. The molecule has 0 saturated heterocycles. The molecule has 0 fully saturated rings. The fourth-order valence-corrected chi connectivity index (χ4v) is 13.9. The number of benzene rings is 14. The molecular weight excluding hydrogens is 995 g/mol. The van der Waals surface area contributed by atoms with Gasteiger partial charge in [-0.3, -0.25) is 0 Å². The van der Waals surface area contributed by atoms with Crippen LogP contribution in [0.15, 0.2) is 290 Å². The molecule has 14 aromatic carbocycles. The second-order valence-electron chi connectivity index (χ2n) is 22.0. The van der Waals surface area contributed by atoms with E-state index < -0.39 is 0 Å². The first-order valence-electron chi connectivity index (χ1n) is 28.2. The van der Waals surface area contributed by atoms with Gasteiger partial charge in [-0.15, -0.1) is 0 Å². The van der Waals surface area contributed by atoms with Gasteiger partial charge in [-0.2, -0.15) is 0 Å². The van der Waals surface area contributed by atoms with Crippen molar-refractivity contribution in [1.82, 2.24) is 13.7 Å². The van der Waals surface area contributed by atoms with Crippen LogP contribution in [0.1, 0.15) is 0 Å². The number of aromatic nitrogens is 3. The van der Waals surface area contributed by atoms with Gasteiger partial charge < -0.3 is 18.1 Å². The van der Waals surface area contributed by atoms with Gasteiger partial charge in [0.1, 0.15) is 11.2 Å². The summed E-state index contributed by atoms with van der Waals surface area (Å²) >= 11 is 0. The number of fused-ring (bicyclic) bond motifs is 18. The molecule has 0 saturated carbocycles. The average molecular weight is 1040 g/mol. The van der Waals surface area contributed by atoms with Gasteiger partial charge in [0.15, 0.2) is 0 Å². The van der Waals surface area contributed by atoms with Crippen LogP contribution in [0.5, 0.6) is 0 Å². The number of furan rings is 1. The van der Waals surface area contributed by atoms with Crippen molar-refractivity contribution in [3.63, 3.8) is 0 Å². The van der Waals surface area contributed by atoms with Gasteiger partial charge in [-0.25, -0.2) is 0 Å². The Morgan fingerprint density at radius 1 is 0.195 bits per heavy atom. The standard InChI is InChI=1S/C78H47N3O/c1-3-16-53(17-4-1)79-73-38-31-48(42-67(73)68-43-49(32-39-74(68)79)51-30-36-64-62-24-11-13-27-70(62)80(75(64)46-51)54-18-5-2-6-19-54)50-34-41-76-69(44-50)78-56(26-15-29-77(78)82-76)52-33-40-72-66(45-52)63-25-12-14-28-71(63)81(72)55-35-37-61-59-22-8-7-20-57(59)58-21-9-10-23-60(58)65(61)47-55/h1-47H. The highest BCUT2D eigenvalue weighted by atomic mass is 16.3. The summed E-state index contributed by atoms with van der Waals surface area (Å²) in [5.74, 6) is 0. The molecule has 0 atom stereocenters. The topological polar surface area (TPSA) is 27.9 Å². The van der Waals surface area contributed by atoms with Gasteiger partial charge in [0.05, 0.1) is 33.1 Å². The third-order valence-electron chi connectivity index (χ3n) is 17.6. The summed E-state index contributed by atoms with van der Waals surface area (Å²) in [6.07, 6.45) is 0. The van der Waals surface area contributed by atoms with Crippen LogP contribution in [0, 0.1) is 0 Å². The van der Waals surface area contributed by atoms with Crippen LogP contribution in [0.3, 0.4) is 0 Å². The van der Waals surface area contributed by atoms with E-state index in [2.05, 4.69) is 299 Å². The summed E-state index contributed by atoms with van der Waals surface area (Å²) in [7, 11) is 0. The Labute approximate surface area is 470 Å². The van der Waals surface area contributed by atoms with Crippen molar-refractivity contribution >= 4 is 120 Å². The monoisotopic (exact) mass is 1040 g/mol. The largest absolute Gasteiger partial charge is 0.456 e. The quantitative estimate of drug-likeness (QED) is 0.153. The van der Waals surface area contributed by atoms with Gasteiger partial charge in [-0.05, 0) is 175 Å². The van der Waals surface area contributed by atoms with Crippen molar-refractivity contribution in [3.8, 4) is 50.4 Å². The zero-order chi connectivity index (χ0) is 53.6. The van der Waals surface area contributed by atoms with E-state index in [0.29, 0.717) is 0 Å². The molecule has 82 heavy (non-hydrogen) atoms. The first-order chi connectivity index (χ1) is 40.7. The summed E-state index contributed by atoms with van der Waals surface area (Å²) in [4.78, 5) is 0. The van der Waals surface area contributed by atoms with Crippen molar-refractivity contribution in [3.05, 3.63) is 285 Å². The second-order valence-corrected chi connectivity index (χ2v) is 22.0. The second kappa shape index (κ2) is 17.3. The molecule has 4 heterocycles. The SMILES string of the molecule is c1ccc(-n2c3ccc(-c4ccc5oc6cccc(-c7ccc8c(c7)c7ccccc7n8-c7ccc8c9ccccc9c9ccccc9c8c7)c6c5c4)cc3c3cc(-c4ccc5c6ccccc6n(-c6ccccc6)c5c4)ccc32)cc1. The molecule has 0 unspecified atom stereocenters. The summed E-state index contributed by atoms with van der Waals surface area (Å²) in [6.45, 7) is 0. The minimum Gasteiger partial charge on any atom is -0.456 e. The number of para-hydroxylation sites is 4. The molecule has 0 bridgehead atoms. The van der Waals surface area contributed by atoms with E-state index in [1.54, 1.807) is 0 Å². The fraction of sp³-hybridized carbons (Fsp3) is 0. The van der Waals surface area contributed by atoms with Crippen molar-refractivity contribution in [2.24, 2.45) is 0 Å². The Morgan fingerprint density at radius 2 is 0.598 bits per heavy atom. The van der Waals surface area contributed by atoms with Crippen molar-refractivity contribution in [2.45, 2.75) is 0 Å². The first kappa shape index (κ1) is 45.0. The maximum Gasteiger partial charge on any atom is 0.136 e. The molecule has 0 spiro atoms. The maximum absolute atomic E-state index is 6.72. The third kappa shape index (κ3) is 6.55. The number of hydrogen-bond donors (Lipinski definition) is 0. The lowest BCUT2D eigenvalue weighted by Gasteiger charge is -2.14. The number of rotatable bonds is 6. The van der Waals surface area contributed by atoms with Crippen LogP contribution >= 0.6 is 0 Å². The lowest BCUT2D eigenvalue weighted by atomic mass is 9.94. The molecule has 18 rings (SSSR count). The van der Waals surface area contributed by atoms with E-state index in [1.165, 1.54) is 109 Å². The van der Waals surface area contributed by atoms with Crippen LogP contribution in [-0.4, -0.2) is 13.7 Å². The zero-order valence-electron chi connectivity index (χ0n) is 44.4. The molecular formula is C78H47N3O. The molecule has 4 nitrogen and oxygen atoms in total. The van der Waals surface area contributed by atoms with Crippen LogP contribution in [0.2, 0.25) is 0 Å². The lowest BCUT2D eigenvalue weighted by Crippen LogP contribution is -1.94. The van der Waals surface area contributed by atoms with Crippen LogP contribution < -0.4 is 0 Å².